The van der Waals surface area contributed by atoms with E-state index in [0.29, 0.717) is 16.0 Å². The van der Waals surface area contributed by atoms with E-state index in [4.69, 9.17) is 44.9 Å². The number of ether oxygens (including phenoxy) is 2. The van der Waals surface area contributed by atoms with Gasteiger partial charge in [0.2, 0.25) is 0 Å². The predicted octanol–water partition coefficient (Wildman–Crippen LogP) is 4.66. The molecule has 0 unspecified atom stereocenters. The highest BCUT2D eigenvalue weighted by atomic mass is 35.5. The number of methoxy groups -OCH3 is 2. The van der Waals surface area contributed by atoms with Crippen molar-refractivity contribution in [2.24, 2.45) is 5.10 Å². The number of halogens is 2. The average molecular weight is 485 g/mol. The minimum atomic E-state index is -0.453. The van der Waals surface area contributed by atoms with Crippen molar-refractivity contribution in [1.82, 2.24) is 5.01 Å². The fourth-order valence-corrected chi connectivity index (χ4v) is 4.06. The number of thioether (sulfide) groups is 1. The van der Waals surface area contributed by atoms with Gasteiger partial charge >= 0.3 is 0 Å². The van der Waals surface area contributed by atoms with Gasteiger partial charge in [-0.05, 0) is 36.0 Å². The Labute approximate surface area is 191 Å². The molecule has 11 heteroatoms. The molecule has 1 amide bonds. The molecule has 1 heterocycles. The second-order valence-electron chi connectivity index (χ2n) is 5.83. The van der Waals surface area contributed by atoms with Crippen LogP contribution in [0.1, 0.15) is 11.1 Å². The van der Waals surface area contributed by atoms with Crippen LogP contribution < -0.4 is 9.47 Å². The molecule has 0 atom stereocenters. The molecule has 1 aliphatic heterocycles. The van der Waals surface area contributed by atoms with Crippen LogP contribution in [0.3, 0.4) is 0 Å². The van der Waals surface area contributed by atoms with Crippen LogP contribution in [-0.4, -0.2) is 45.9 Å². The van der Waals surface area contributed by atoms with E-state index in [2.05, 4.69) is 5.10 Å². The molecule has 0 bridgehead atoms. The van der Waals surface area contributed by atoms with Crippen molar-refractivity contribution in [2.45, 2.75) is 0 Å². The molecule has 3 rings (SSSR count). The topological polar surface area (TPSA) is 91.6 Å². The highest BCUT2D eigenvalue weighted by Crippen LogP contribution is 2.38. The van der Waals surface area contributed by atoms with Gasteiger partial charge in [0.15, 0.2) is 27.3 Å². The summed E-state index contributed by atoms with van der Waals surface area (Å²) in [6, 6.07) is 5.63. The fourth-order valence-electron chi connectivity index (χ4n) is 2.47. The zero-order chi connectivity index (χ0) is 22.0. The van der Waals surface area contributed by atoms with E-state index in [0.717, 1.165) is 16.8 Å². The Morgan fingerprint density at radius 3 is 2.13 bits per heavy atom. The molecule has 2 N–H and O–H groups in total. The van der Waals surface area contributed by atoms with Crippen LogP contribution in [0.4, 0.5) is 0 Å². The maximum atomic E-state index is 12.8. The summed E-state index contributed by atoms with van der Waals surface area (Å²) in [6.45, 7) is 0. The van der Waals surface area contributed by atoms with E-state index < -0.39 is 5.91 Å². The number of carbonyl (C=O) groups is 1. The maximum Gasteiger partial charge on any atom is 0.286 e. The molecular weight excluding hydrogens is 471 g/mol. The standard InChI is InChI=1S/C19H14Cl2N2O5S2/c1-27-15-3-9(11(20)6-13(15)24)5-17-18(26)23(19(29)30-17)22-8-10-4-16(28-2)14(25)7-12(10)21/h3-8,24-25H,1-2H3/b17-5?,22-8+. The summed E-state index contributed by atoms with van der Waals surface area (Å²) < 4.78 is 10.3. The van der Waals surface area contributed by atoms with Gasteiger partial charge in [-0.25, -0.2) is 0 Å². The summed E-state index contributed by atoms with van der Waals surface area (Å²) in [5.41, 5.74) is 0.901. The zero-order valence-electron chi connectivity index (χ0n) is 15.6. The van der Waals surface area contributed by atoms with Crippen molar-refractivity contribution in [3.63, 3.8) is 0 Å². The van der Waals surface area contributed by atoms with Gasteiger partial charge in [-0.15, -0.1) is 0 Å². The van der Waals surface area contributed by atoms with Gasteiger partial charge in [0.1, 0.15) is 0 Å². The molecule has 156 valence electrons. The van der Waals surface area contributed by atoms with Crippen molar-refractivity contribution in [3.8, 4) is 23.0 Å². The lowest BCUT2D eigenvalue weighted by atomic mass is 10.2. The van der Waals surface area contributed by atoms with Crippen LogP contribution in [0.5, 0.6) is 23.0 Å². The van der Waals surface area contributed by atoms with Crippen LogP contribution in [0.25, 0.3) is 6.08 Å². The summed E-state index contributed by atoms with van der Waals surface area (Å²) in [6.07, 6.45) is 2.88. The minimum Gasteiger partial charge on any atom is -0.504 e. The first kappa shape index (κ1) is 22.2. The van der Waals surface area contributed by atoms with Gasteiger partial charge in [0, 0.05) is 17.7 Å². The smallest absolute Gasteiger partial charge is 0.286 e. The number of rotatable bonds is 5. The number of hydrogen-bond donors (Lipinski definition) is 2. The molecule has 0 aliphatic carbocycles. The van der Waals surface area contributed by atoms with Crippen molar-refractivity contribution in [1.29, 1.82) is 0 Å². The highest BCUT2D eigenvalue weighted by Gasteiger charge is 2.32. The first-order chi connectivity index (χ1) is 14.2. The Kier molecular flexibility index (Phi) is 6.77. The largest absolute Gasteiger partial charge is 0.504 e. The first-order valence-corrected chi connectivity index (χ1v) is 10.2. The Hall–Kier alpha value is -2.46. The van der Waals surface area contributed by atoms with Gasteiger partial charge in [-0.2, -0.15) is 10.1 Å². The molecule has 7 nitrogen and oxygen atoms in total. The normalized spacial score (nSPS) is 15.5. The van der Waals surface area contributed by atoms with Crippen molar-refractivity contribution < 1.29 is 24.5 Å². The lowest BCUT2D eigenvalue weighted by molar-refractivity contribution is -0.122. The van der Waals surface area contributed by atoms with Crippen molar-refractivity contribution >= 4 is 69.7 Å². The van der Waals surface area contributed by atoms with E-state index in [1.165, 1.54) is 50.8 Å². The summed E-state index contributed by atoms with van der Waals surface area (Å²) in [7, 11) is 2.81. The Morgan fingerprint density at radius 2 is 1.57 bits per heavy atom. The van der Waals surface area contributed by atoms with Crippen LogP contribution in [0.2, 0.25) is 10.0 Å². The average Bonchev–Trinajstić information content (AvgIpc) is 2.96. The van der Waals surface area contributed by atoms with E-state index in [1.54, 1.807) is 0 Å². The lowest BCUT2D eigenvalue weighted by Gasteiger charge is -2.09. The van der Waals surface area contributed by atoms with Gasteiger partial charge in [0.05, 0.1) is 35.4 Å². The number of carbonyl (C=O) groups excluding carboxylic acids is 1. The molecule has 0 spiro atoms. The molecule has 1 fully saturated rings. The van der Waals surface area contributed by atoms with Gasteiger partial charge in [-0.3, -0.25) is 4.79 Å². The van der Waals surface area contributed by atoms with Crippen LogP contribution >= 0.6 is 47.2 Å². The molecule has 0 saturated carbocycles. The number of thiocarbonyl (C=S) groups is 1. The third-order valence-corrected chi connectivity index (χ3v) is 5.91. The number of phenols is 2. The Bertz CT molecular complexity index is 1100. The third-order valence-electron chi connectivity index (χ3n) is 3.97. The number of amides is 1. The zero-order valence-corrected chi connectivity index (χ0v) is 18.7. The number of aromatic hydroxyl groups is 2. The van der Waals surface area contributed by atoms with E-state index >= 15 is 0 Å². The molecular formula is C19H14Cl2N2O5S2. The first-order valence-electron chi connectivity index (χ1n) is 8.20. The van der Waals surface area contributed by atoms with Crippen LogP contribution in [0, 0.1) is 0 Å². The number of benzene rings is 2. The van der Waals surface area contributed by atoms with Gasteiger partial charge in [0.25, 0.3) is 5.91 Å². The number of hydrazone groups is 1. The van der Waals surface area contributed by atoms with Crippen molar-refractivity contribution in [3.05, 3.63) is 50.3 Å². The molecule has 0 aromatic heterocycles. The van der Waals surface area contributed by atoms with E-state index in [9.17, 15) is 15.0 Å². The molecule has 1 saturated heterocycles. The highest BCUT2D eigenvalue weighted by molar-refractivity contribution is 8.26. The van der Waals surface area contributed by atoms with Gasteiger partial charge < -0.3 is 19.7 Å². The molecule has 1 aliphatic rings. The molecule has 0 radical (unpaired) electrons. The Balaban J connectivity index is 1.89. The van der Waals surface area contributed by atoms with E-state index in [1.807, 2.05) is 0 Å². The summed E-state index contributed by atoms with van der Waals surface area (Å²) in [5, 5.41) is 25.2. The third kappa shape index (κ3) is 4.49. The SMILES string of the molecule is COc1cc(C=C2SC(=S)N(/N=C/c3cc(OC)c(O)cc3Cl)C2=O)c(Cl)cc1O. The molecule has 30 heavy (non-hydrogen) atoms. The Morgan fingerprint density at radius 1 is 1.03 bits per heavy atom. The predicted molar refractivity (Wildman–Crippen MR) is 122 cm³/mol. The maximum absolute atomic E-state index is 12.8. The van der Waals surface area contributed by atoms with Crippen LogP contribution in [0.15, 0.2) is 34.3 Å². The molecule has 2 aromatic rings. The number of phenolic OH excluding ortho intramolecular Hbond substituents is 2. The fraction of sp³-hybridized carbons (Fsp3) is 0.105. The van der Waals surface area contributed by atoms with E-state index in [-0.39, 0.29) is 37.4 Å². The number of nitrogens with zero attached hydrogens (tertiary/aromatic N) is 2. The second kappa shape index (κ2) is 9.13. The lowest BCUT2D eigenvalue weighted by Crippen LogP contribution is -2.22. The monoisotopic (exact) mass is 484 g/mol. The summed E-state index contributed by atoms with van der Waals surface area (Å²) >= 11 is 18.6. The summed E-state index contributed by atoms with van der Waals surface area (Å²) in [5.74, 6) is -0.254. The molecule has 2 aromatic carbocycles. The van der Waals surface area contributed by atoms with Gasteiger partial charge in [-0.1, -0.05) is 35.0 Å². The van der Waals surface area contributed by atoms with Crippen molar-refractivity contribution in [2.75, 3.05) is 14.2 Å². The number of hydrogen-bond acceptors (Lipinski definition) is 8. The summed E-state index contributed by atoms with van der Waals surface area (Å²) in [4.78, 5) is 13.0. The quantitative estimate of drug-likeness (QED) is 0.362. The minimum absolute atomic E-state index is 0.113. The second-order valence-corrected chi connectivity index (χ2v) is 8.32. The van der Waals surface area contributed by atoms with Crippen LogP contribution in [-0.2, 0) is 4.79 Å².